The lowest BCUT2D eigenvalue weighted by atomic mass is 9.94. The minimum absolute atomic E-state index is 0.0564. The molecule has 3 rings (SSSR count). The summed E-state index contributed by atoms with van der Waals surface area (Å²) in [5.41, 5.74) is 8.30. The second kappa shape index (κ2) is 8.51. The van der Waals surface area contributed by atoms with Gasteiger partial charge in [-0.1, -0.05) is 29.8 Å². The molecule has 2 fully saturated rings. The third-order valence-corrected chi connectivity index (χ3v) is 5.64. The molecule has 0 saturated carbocycles. The Hall–Kier alpha value is -1.43. The normalized spacial score (nSPS) is 26.7. The number of rotatable bonds is 4. The zero-order valence-corrected chi connectivity index (χ0v) is 16.4. The zero-order chi connectivity index (χ0) is 18.7. The average molecular weight is 360 g/mol. The molecule has 26 heavy (non-hydrogen) atoms. The van der Waals surface area contributed by atoms with Crippen LogP contribution in [0.1, 0.15) is 43.9 Å². The Bertz CT molecular complexity index is 586. The number of ether oxygens (including phenoxy) is 1. The molecule has 2 N–H and O–H groups in total. The number of nitrogens with zero attached hydrogens (tertiary/aromatic N) is 2. The molecule has 5 heteroatoms. The lowest BCUT2D eigenvalue weighted by molar-refractivity contribution is -0.134. The highest BCUT2D eigenvalue weighted by atomic mass is 16.5. The maximum atomic E-state index is 12.7. The average Bonchev–Trinajstić information content (AvgIpc) is 2.61. The lowest BCUT2D eigenvalue weighted by Gasteiger charge is -2.39. The van der Waals surface area contributed by atoms with Crippen LogP contribution in [0, 0.1) is 12.8 Å². The first kappa shape index (κ1) is 19.3. The Labute approximate surface area is 157 Å². The number of hydrogen-bond donors (Lipinski definition) is 1. The van der Waals surface area contributed by atoms with Crippen molar-refractivity contribution < 1.29 is 9.53 Å². The van der Waals surface area contributed by atoms with Crippen LogP contribution in [0.15, 0.2) is 24.3 Å². The molecule has 144 valence electrons. The fourth-order valence-electron chi connectivity index (χ4n) is 4.25. The van der Waals surface area contributed by atoms with E-state index >= 15 is 0 Å². The molecule has 2 aliphatic heterocycles. The van der Waals surface area contributed by atoms with Crippen molar-refractivity contribution in [3.05, 3.63) is 35.4 Å². The SMILES string of the molecule is Cc1ccc(C(N)C(=O)N2CCC(CN3CC(C)OC(C)C3)CC2)cc1. The summed E-state index contributed by atoms with van der Waals surface area (Å²) >= 11 is 0. The van der Waals surface area contributed by atoms with E-state index in [4.69, 9.17) is 10.5 Å². The zero-order valence-electron chi connectivity index (χ0n) is 16.4. The Balaban J connectivity index is 1.48. The highest BCUT2D eigenvalue weighted by Crippen LogP contribution is 2.23. The van der Waals surface area contributed by atoms with Gasteiger partial charge in [0.25, 0.3) is 0 Å². The van der Waals surface area contributed by atoms with Gasteiger partial charge in [-0.2, -0.15) is 0 Å². The van der Waals surface area contributed by atoms with E-state index in [2.05, 4.69) is 18.7 Å². The first-order chi connectivity index (χ1) is 12.4. The maximum absolute atomic E-state index is 12.7. The van der Waals surface area contributed by atoms with Crippen molar-refractivity contribution in [3.63, 3.8) is 0 Å². The molecule has 0 radical (unpaired) electrons. The monoisotopic (exact) mass is 359 g/mol. The van der Waals surface area contributed by atoms with E-state index in [-0.39, 0.29) is 5.91 Å². The van der Waals surface area contributed by atoms with Gasteiger partial charge in [0.15, 0.2) is 0 Å². The molecule has 3 unspecified atom stereocenters. The number of hydrogen-bond acceptors (Lipinski definition) is 4. The van der Waals surface area contributed by atoms with Gasteiger partial charge in [-0.15, -0.1) is 0 Å². The van der Waals surface area contributed by atoms with E-state index in [0.717, 1.165) is 51.1 Å². The summed E-state index contributed by atoms with van der Waals surface area (Å²) in [6.07, 6.45) is 2.75. The number of piperidine rings is 1. The first-order valence-corrected chi connectivity index (χ1v) is 9.91. The number of benzene rings is 1. The predicted octanol–water partition coefficient (Wildman–Crippen LogP) is 2.34. The largest absolute Gasteiger partial charge is 0.373 e. The van der Waals surface area contributed by atoms with Crippen LogP contribution in [0.4, 0.5) is 0 Å². The molecule has 0 aliphatic carbocycles. The summed E-state index contributed by atoms with van der Waals surface area (Å²) in [4.78, 5) is 17.2. The van der Waals surface area contributed by atoms with E-state index in [1.807, 2.05) is 36.1 Å². The van der Waals surface area contributed by atoms with Gasteiger partial charge in [0, 0.05) is 32.7 Å². The molecule has 0 spiro atoms. The molecule has 2 saturated heterocycles. The Kier molecular flexibility index (Phi) is 6.33. The third-order valence-electron chi connectivity index (χ3n) is 5.64. The number of amides is 1. The smallest absolute Gasteiger partial charge is 0.244 e. The standard InChI is InChI=1S/C21H33N3O2/c1-15-4-6-19(7-5-15)20(22)21(25)24-10-8-18(9-11-24)14-23-12-16(2)26-17(3)13-23/h4-7,16-18,20H,8-14,22H2,1-3H3. The van der Waals surface area contributed by atoms with Crippen LogP contribution < -0.4 is 5.73 Å². The summed E-state index contributed by atoms with van der Waals surface area (Å²) in [6.45, 7) is 11.1. The molecular formula is C21H33N3O2. The molecule has 2 aliphatic rings. The Morgan fingerprint density at radius 3 is 2.31 bits per heavy atom. The number of nitrogens with two attached hydrogens (primary N) is 1. The molecule has 3 atom stereocenters. The molecular weight excluding hydrogens is 326 g/mol. The fourth-order valence-corrected chi connectivity index (χ4v) is 4.25. The summed E-state index contributed by atoms with van der Waals surface area (Å²) in [5, 5.41) is 0. The summed E-state index contributed by atoms with van der Waals surface area (Å²) in [6, 6.07) is 7.41. The van der Waals surface area contributed by atoms with Crippen molar-refractivity contribution in [2.24, 2.45) is 11.7 Å². The second-order valence-corrected chi connectivity index (χ2v) is 8.13. The van der Waals surface area contributed by atoms with Crippen LogP contribution in [0.25, 0.3) is 0 Å². The van der Waals surface area contributed by atoms with Crippen molar-refractivity contribution in [1.82, 2.24) is 9.80 Å². The van der Waals surface area contributed by atoms with Crippen LogP contribution in [0.5, 0.6) is 0 Å². The molecule has 1 amide bonds. The Morgan fingerprint density at radius 1 is 1.15 bits per heavy atom. The van der Waals surface area contributed by atoms with E-state index in [0.29, 0.717) is 18.1 Å². The summed E-state index contributed by atoms with van der Waals surface area (Å²) in [5.74, 6) is 0.716. The highest BCUT2D eigenvalue weighted by molar-refractivity contribution is 5.83. The van der Waals surface area contributed by atoms with Crippen molar-refractivity contribution in [1.29, 1.82) is 0 Å². The number of aryl methyl sites for hydroxylation is 1. The number of carbonyl (C=O) groups is 1. The molecule has 1 aromatic carbocycles. The van der Waals surface area contributed by atoms with Gasteiger partial charge in [0.1, 0.15) is 6.04 Å². The minimum Gasteiger partial charge on any atom is -0.373 e. The van der Waals surface area contributed by atoms with Gasteiger partial charge in [-0.05, 0) is 45.1 Å². The van der Waals surface area contributed by atoms with Gasteiger partial charge in [-0.3, -0.25) is 9.69 Å². The minimum atomic E-state index is -0.548. The van der Waals surface area contributed by atoms with E-state index in [1.54, 1.807) is 0 Å². The van der Waals surface area contributed by atoms with E-state index in [1.165, 1.54) is 5.56 Å². The van der Waals surface area contributed by atoms with Crippen molar-refractivity contribution in [2.45, 2.75) is 51.9 Å². The molecule has 5 nitrogen and oxygen atoms in total. The first-order valence-electron chi connectivity index (χ1n) is 9.91. The maximum Gasteiger partial charge on any atom is 0.244 e. The van der Waals surface area contributed by atoms with E-state index < -0.39 is 6.04 Å². The van der Waals surface area contributed by atoms with Crippen LogP contribution >= 0.6 is 0 Å². The second-order valence-electron chi connectivity index (χ2n) is 8.13. The number of likely N-dealkylation sites (tertiary alicyclic amines) is 1. The van der Waals surface area contributed by atoms with Gasteiger partial charge in [0.2, 0.25) is 5.91 Å². The highest BCUT2D eigenvalue weighted by Gasteiger charge is 2.29. The molecule has 2 heterocycles. The predicted molar refractivity (Wildman–Crippen MR) is 104 cm³/mol. The van der Waals surface area contributed by atoms with Gasteiger partial charge in [-0.25, -0.2) is 0 Å². The number of carbonyl (C=O) groups excluding carboxylic acids is 1. The molecule has 1 aromatic rings. The third kappa shape index (κ3) is 4.84. The van der Waals surface area contributed by atoms with Crippen molar-refractivity contribution in [2.75, 3.05) is 32.7 Å². The topological polar surface area (TPSA) is 58.8 Å². The van der Waals surface area contributed by atoms with Gasteiger partial charge < -0.3 is 15.4 Å². The summed E-state index contributed by atoms with van der Waals surface area (Å²) in [7, 11) is 0. The van der Waals surface area contributed by atoms with Gasteiger partial charge >= 0.3 is 0 Å². The quantitative estimate of drug-likeness (QED) is 0.896. The van der Waals surface area contributed by atoms with Crippen LogP contribution in [-0.4, -0.2) is 60.6 Å². The lowest BCUT2D eigenvalue weighted by Crippen LogP contribution is -2.49. The van der Waals surface area contributed by atoms with Crippen LogP contribution in [-0.2, 0) is 9.53 Å². The Morgan fingerprint density at radius 2 is 1.73 bits per heavy atom. The molecule has 0 aromatic heterocycles. The number of morpholine rings is 1. The fraction of sp³-hybridized carbons (Fsp3) is 0.667. The van der Waals surface area contributed by atoms with Gasteiger partial charge in [0.05, 0.1) is 12.2 Å². The van der Waals surface area contributed by atoms with E-state index in [9.17, 15) is 4.79 Å². The summed E-state index contributed by atoms with van der Waals surface area (Å²) < 4.78 is 5.82. The van der Waals surface area contributed by atoms with Crippen LogP contribution in [0.2, 0.25) is 0 Å². The van der Waals surface area contributed by atoms with Crippen molar-refractivity contribution in [3.8, 4) is 0 Å². The van der Waals surface area contributed by atoms with Crippen LogP contribution in [0.3, 0.4) is 0 Å². The van der Waals surface area contributed by atoms with Crippen molar-refractivity contribution >= 4 is 5.91 Å². The molecule has 0 bridgehead atoms.